The summed E-state index contributed by atoms with van der Waals surface area (Å²) in [6.45, 7) is 1.99. The summed E-state index contributed by atoms with van der Waals surface area (Å²) in [7, 11) is 0. The molecule has 0 saturated heterocycles. The van der Waals surface area contributed by atoms with Gasteiger partial charge in [-0.25, -0.2) is 9.37 Å². The molecule has 0 radical (unpaired) electrons. The van der Waals surface area contributed by atoms with Crippen molar-refractivity contribution in [3.63, 3.8) is 0 Å². The van der Waals surface area contributed by atoms with Gasteiger partial charge in [-0.15, -0.1) is 5.10 Å². The van der Waals surface area contributed by atoms with Crippen LogP contribution in [-0.4, -0.2) is 26.8 Å². The third kappa shape index (κ3) is 5.79. The van der Waals surface area contributed by atoms with E-state index >= 15 is 0 Å². The van der Waals surface area contributed by atoms with E-state index in [1.165, 1.54) is 17.8 Å². The van der Waals surface area contributed by atoms with Crippen LogP contribution in [0.3, 0.4) is 0 Å². The fraction of sp³-hybridized carbons (Fsp3) is 0.150. The van der Waals surface area contributed by atoms with Crippen LogP contribution in [0, 0.1) is 12.7 Å². The number of aromatic amines is 1. The van der Waals surface area contributed by atoms with Crippen LogP contribution in [0.15, 0.2) is 53.7 Å². The number of nitrogens with zero attached hydrogens (tertiary/aromatic N) is 2. The summed E-state index contributed by atoms with van der Waals surface area (Å²) in [6, 6.07) is 14.8. The van der Waals surface area contributed by atoms with Crippen LogP contribution in [0.4, 0.5) is 4.39 Å². The summed E-state index contributed by atoms with van der Waals surface area (Å²) in [4.78, 5) is 16.3. The van der Waals surface area contributed by atoms with Gasteiger partial charge in [0.25, 0.3) is 0 Å². The predicted octanol–water partition coefficient (Wildman–Crippen LogP) is 3.83. The first kappa shape index (κ1) is 18.8. The summed E-state index contributed by atoms with van der Waals surface area (Å²) in [5.41, 5.74) is 2.38. The normalized spacial score (nSPS) is 11.0. The van der Waals surface area contributed by atoms with E-state index in [9.17, 15) is 9.18 Å². The summed E-state index contributed by atoms with van der Waals surface area (Å²) in [6.07, 6.45) is 3.76. The maximum atomic E-state index is 13.5. The molecule has 7 heteroatoms. The van der Waals surface area contributed by atoms with Crippen LogP contribution in [-0.2, 0) is 11.3 Å². The number of aromatic nitrogens is 3. The second kappa shape index (κ2) is 9.14. The van der Waals surface area contributed by atoms with Gasteiger partial charge in [0.05, 0.1) is 5.75 Å². The van der Waals surface area contributed by atoms with Crippen molar-refractivity contribution < 1.29 is 9.18 Å². The second-order valence-electron chi connectivity index (χ2n) is 5.90. The molecule has 3 aromatic rings. The number of H-pyrrole nitrogens is 1. The molecule has 0 unspecified atom stereocenters. The Bertz CT molecular complexity index is 940. The van der Waals surface area contributed by atoms with Crippen molar-refractivity contribution in [1.82, 2.24) is 20.5 Å². The average molecular weight is 382 g/mol. The molecule has 1 heterocycles. The molecule has 2 N–H and O–H groups in total. The van der Waals surface area contributed by atoms with Crippen molar-refractivity contribution in [3.05, 3.63) is 76.9 Å². The van der Waals surface area contributed by atoms with Gasteiger partial charge in [0.2, 0.25) is 11.1 Å². The van der Waals surface area contributed by atoms with Gasteiger partial charge in [0.1, 0.15) is 11.6 Å². The molecule has 3 rings (SSSR count). The summed E-state index contributed by atoms with van der Waals surface area (Å²) in [5, 5.41) is 10.2. The van der Waals surface area contributed by atoms with Crippen molar-refractivity contribution in [1.29, 1.82) is 0 Å². The minimum absolute atomic E-state index is 0.160. The molecule has 0 aliphatic rings. The molecule has 5 nitrogen and oxygen atoms in total. The molecule has 27 heavy (non-hydrogen) atoms. The van der Waals surface area contributed by atoms with E-state index in [0.29, 0.717) is 16.5 Å². The van der Waals surface area contributed by atoms with E-state index < -0.39 is 0 Å². The number of hydrogen-bond donors (Lipinski definition) is 2. The number of carbonyl (C=O) groups is 1. The Morgan fingerprint density at radius 1 is 1.22 bits per heavy atom. The number of nitrogens with one attached hydrogen (secondary N) is 2. The highest BCUT2D eigenvalue weighted by Crippen LogP contribution is 2.14. The maximum Gasteiger partial charge on any atom is 0.230 e. The largest absolute Gasteiger partial charge is 0.351 e. The molecular weight excluding hydrogens is 363 g/mol. The molecule has 0 fully saturated rings. The predicted molar refractivity (Wildman–Crippen MR) is 105 cm³/mol. The lowest BCUT2D eigenvalue weighted by Crippen LogP contribution is -2.24. The number of hydrogen-bond acceptors (Lipinski definition) is 4. The lowest BCUT2D eigenvalue weighted by atomic mass is 10.1. The molecule has 0 bridgehead atoms. The number of benzene rings is 2. The zero-order chi connectivity index (χ0) is 19.1. The van der Waals surface area contributed by atoms with E-state index in [2.05, 4.69) is 20.5 Å². The lowest BCUT2D eigenvalue weighted by molar-refractivity contribution is -0.118. The third-order valence-electron chi connectivity index (χ3n) is 3.77. The van der Waals surface area contributed by atoms with E-state index in [0.717, 1.165) is 11.1 Å². The third-order valence-corrected chi connectivity index (χ3v) is 4.62. The average Bonchev–Trinajstić information content (AvgIpc) is 3.14. The number of halogens is 1. The van der Waals surface area contributed by atoms with E-state index in [4.69, 9.17) is 0 Å². The number of amides is 1. The highest BCUT2D eigenvalue weighted by Gasteiger charge is 2.07. The van der Waals surface area contributed by atoms with E-state index in [1.54, 1.807) is 19.1 Å². The summed E-state index contributed by atoms with van der Waals surface area (Å²) < 4.78 is 13.5. The van der Waals surface area contributed by atoms with Crippen LogP contribution in [0.1, 0.15) is 22.5 Å². The van der Waals surface area contributed by atoms with Crippen molar-refractivity contribution in [2.24, 2.45) is 0 Å². The highest BCUT2D eigenvalue weighted by atomic mass is 32.2. The topological polar surface area (TPSA) is 70.7 Å². The Morgan fingerprint density at radius 3 is 2.81 bits per heavy atom. The van der Waals surface area contributed by atoms with Gasteiger partial charge in [-0.3, -0.25) is 9.89 Å². The van der Waals surface area contributed by atoms with Gasteiger partial charge in [-0.05, 0) is 35.8 Å². The van der Waals surface area contributed by atoms with Crippen molar-refractivity contribution in [3.8, 4) is 0 Å². The Morgan fingerprint density at radius 2 is 2.04 bits per heavy atom. The van der Waals surface area contributed by atoms with Crippen LogP contribution < -0.4 is 5.32 Å². The van der Waals surface area contributed by atoms with Crippen LogP contribution >= 0.6 is 11.8 Å². The van der Waals surface area contributed by atoms with Crippen LogP contribution in [0.5, 0.6) is 0 Å². The summed E-state index contributed by atoms with van der Waals surface area (Å²) >= 11 is 1.24. The number of rotatable bonds is 7. The smallest absolute Gasteiger partial charge is 0.230 e. The minimum Gasteiger partial charge on any atom is -0.351 e. The van der Waals surface area contributed by atoms with Gasteiger partial charge in [0.15, 0.2) is 0 Å². The molecule has 1 amide bonds. The number of aryl methyl sites for hydroxylation is 1. The highest BCUT2D eigenvalue weighted by molar-refractivity contribution is 7.99. The van der Waals surface area contributed by atoms with Crippen molar-refractivity contribution in [2.45, 2.75) is 18.6 Å². The first-order valence-electron chi connectivity index (χ1n) is 8.40. The van der Waals surface area contributed by atoms with E-state index in [1.807, 2.05) is 42.5 Å². The van der Waals surface area contributed by atoms with Gasteiger partial charge in [0, 0.05) is 6.54 Å². The molecule has 2 aromatic carbocycles. The van der Waals surface area contributed by atoms with Gasteiger partial charge < -0.3 is 5.32 Å². The number of carbonyl (C=O) groups excluding carboxylic acids is 1. The molecule has 138 valence electrons. The molecule has 0 aliphatic heterocycles. The molecular formula is C20H19FN4OS. The van der Waals surface area contributed by atoms with E-state index in [-0.39, 0.29) is 24.0 Å². The Labute approximate surface area is 161 Å². The lowest BCUT2D eigenvalue weighted by Gasteiger charge is -2.05. The Kier molecular flexibility index (Phi) is 6.38. The standard InChI is InChI=1S/C20H19FN4OS/c1-14-7-8-16(11-17(14)21)12-22-19(26)13-27-20-23-18(24-25-20)10-9-15-5-3-2-4-6-15/h2-11H,12-13H2,1H3,(H,22,26)(H,23,24,25)/b10-9+. The quantitative estimate of drug-likeness (QED) is 0.609. The SMILES string of the molecule is Cc1ccc(CNC(=O)CSc2n[nH]c(/C=C/c3ccccc3)n2)cc1F. The minimum atomic E-state index is -0.270. The number of thioether (sulfide) groups is 1. The first-order valence-corrected chi connectivity index (χ1v) is 9.39. The molecule has 1 aromatic heterocycles. The first-order chi connectivity index (χ1) is 13.1. The zero-order valence-electron chi connectivity index (χ0n) is 14.8. The fourth-order valence-electron chi connectivity index (χ4n) is 2.26. The van der Waals surface area contributed by atoms with Gasteiger partial charge in [-0.1, -0.05) is 60.3 Å². The molecule has 0 spiro atoms. The molecule has 0 aliphatic carbocycles. The maximum absolute atomic E-state index is 13.5. The molecule has 0 saturated carbocycles. The van der Waals surface area contributed by atoms with Crippen molar-refractivity contribution >= 4 is 29.8 Å². The zero-order valence-corrected chi connectivity index (χ0v) is 15.6. The van der Waals surface area contributed by atoms with Gasteiger partial charge >= 0.3 is 0 Å². The molecule has 0 atom stereocenters. The van der Waals surface area contributed by atoms with Crippen LogP contribution in [0.25, 0.3) is 12.2 Å². The summed E-state index contributed by atoms with van der Waals surface area (Å²) in [5.74, 6) is 0.380. The second-order valence-corrected chi connectivity index (χ2v) is 6.84. The Balaban J connectivity index is 1.45. The monoisotopic (exact) mass is 382 g/mol. The van der Waals surface area contributed by atoms with Crippen LogP contribution in [0.2, 0.25) is 0 Å². The Hall–Kier alpha value is -2.93. The fourth-order valence-corrected chi connectivity index (χ4v) is 2.90. The van der Waals surface area contributed by atoms with Crippen molar-refractivity contribution in [2.75, 3.05) is 5.75 Å². The van der Waals surface area contributed by atoms with Gasteiger partial charge in [-0.2, -0.15) is 0 Å².